The number of aromatic nitrogens is 2. The summed E-state index contributed by atoms with van der Waals surface area (Å²) in [6.07, 6.45) is 2.69. The van der Waals surface area contributed by atoms with E-state index in [1.165, 1.54) is 0 Å². The van der Waals surface area contributed by atoms with Crippen molar-refractivity contribution in [2.24, 2.45) is 13.0 Å². The topological polar surface area (TPSA) is 59.0 Å². The lowest BCUT2D eigenvalue weighted by Crippen LogP contribution is -2.26. The van der Waals surface area contributed by atoms with Crippen molar-refractivity contribution < 1.29 is 4.79 Å². The first-order valence-corrected chi connectivity index (χ1v) is 6.73. The van der Waals surface area contributed by atoms with Crippen LogP contribution in [-0.2, 0) is 24.8 Å². The molecule has 0 radical (unpaired) electrons. The van der Waals surface area contributed by atoms with Crippen LogP contribution in [0, 0.1) is 5.92 Å². The summed E-state index contributed by atoms with van der Waals surface area (Å²) in [7, 11) is 1.89. The molecular formula is C13H22N4O. The van der Waals surface area contributed by atoms with E-state index in [1.807, 2.05) is 20.9 Å². The van der Waals surface area contributed by atoms with Gasteiger partial charge in [-0.3, -0.25) is 9.48 Å². The van der Waals surface area contributed by atoms with Crippen LogP contribution >= 0.6 is 0 Å². The number of carbonyl (C=O) groups excluding carboxylic acids is 1. The Morgan fingerprint density at radius 1 is 1.50 bits per heavy atom. The minimum Gasteiger partial charge on any atom is -0.312 e. The number of rotatable bonds is 4. The monoisotopic (exact) mass is 250 g/mol. The van der Waals surface area contributed by atoms with Gasteiger partial charge in [-0.25, -0.2) is 0 Å². The van der Waals surface area contributed by atoms with Crippen molar-refractivity contribution in [1.29, 1.82) is 0 Å². The fraction of sp³-hybridized carbons (Fsp3) is 0.692. The summed E-state index contributed by atoms with van der Waals surface area (Å²) < 4.78 is 1.79. The molecule has 1 aliphatic rings. The van der Waals surface area contributed by atoms with Gasteiger partial charge in [0.1, 0.15) is 5.82 Å². The smallest absolute Gasteiger partial charge is 0.228 e. The number of hydrogen-bond donors (Lipinski definition) is 2. The Bertz CT molecular complexity index is 434. The van der Waals surface area contributed by atoms with Crippen LogP contribution in [0.2, 0.25) is 0 Å². The Morgan fingerprint density at radius 3 is 2.89 bits per heavy atom. The molecule has 5 heteroatoms. The summed E-state index contributed by atoms with van der Waals surface area (Å²) in [4.78, 5) is 12.1. The van der Waals surface area contributed by atoms with Crippen LogP contribution in [0.5, 0.6) is 0 Å². The first-order valence-electron chi connectivity index (χ1n) is 6.73. The fourth-order valence-corrected chi connectivity index (χ4v) is 2.46. The average molecular weight is 250 g/mol. The molecule has 2 N–H and O–H groups in total. The Labute approximate surface area is 108 Å². The van der Waals surface area contributed by atoms with E-state index in [9.17, 15) is 4.79 Å². The van der Waals surface area contributed by atoms with E-state index >= 15 is 0 Å². The molecule has 100 valence electrons. The number of aryl methyl sites for hydroxylation is 1. The molecule has 0 aliphatic carbocycles. The maximum absolute atomic E-state index is 12.1. The predicted molar refractivity (Wildman–Crippen MR) is 71.3 cm³/mol. The third kappa shape index (κ3) is 2.41. The molecule has 0 aromatic carbocycles. The molecule has 0 saturated heterocycles. The lowest BCUT2D eigenvalue weighted by Gasteiger charge is -2.16. The van der Waals surface area contributed by atoms with E-state index in [1.54, 1.807) is 4.68 Å². The number of nitrogens with one attached hydrogen (secondary N) is 2. The first kappa shape index (κ1) is 13.1. The van der Waals surface area contributed by atoms with Gasteiger partial charge >= 0.3 is 0 Å². The van der Waals surface area contributed by atoms with Gasteiger partial charge in [-0.2, -0.15) is 5.10 Å². The highest BCUT2D eigenvalue weighted by Crippen LogP contribution is 2.23. The van der Waals surface area contributed by atoms with Gasteiger partial charge in [-0.15, -0.1) is 0 Å². The second kappa shape index (κ2) is 5.52. The minimum absolute atomic E-state index is 0.0899. The van der Waals surface area contributed by atoms with E-state index in [0.29, 0.717) is 0 Å². The average Bonchev–Trinajstić information content (AvgIpc) is 2.68. The fourth-order valence-electron chi connectivity index (χ4n) is 2.46. The van der Waals surface area contributed by atoms with Crippen LogP contribution in [0.3, 0.4) is 0 Å². The molecular weight excluding hydrogens is 228 g/mol. The quantitative estimate of drug-likeness (QED) is 0.850. The van der Waals surface area contributed by atoms with Crippen molar-refractivity contribution in [2.45, 2.75) is 39.7 Å². The zero-order valence-corrected chi connectivity index (χ0v) is 11.4. The van der Waals surface area contributed by atoms with Gasteiger partial charge in [-0.05, 0) is 12.8 Å². The largest absolute Gasteiger partial charge is 0.312 e. The molecule has 1 aliphatic heterocycles. The number of anilines is 1. The van der Waals surface area contributed by atoms with Crippen molar-refractivity contribution in [3.8, 4) is 0 Å². The van der Waals surface area contributed by atoms with Gasteiger partial charge in [-0.1, -0.05) is 13.8 Å². The normalized spacial score (nSPS) is 14.7. The maximum Gasteiger partial charge on any atom is 0.228 e. The summed E-state index contributed by atoms with van der Waals surface area (Å²) in [6.45, 7) is 5.85. The maximum atomic E-state index is 12.1. The van der Waals surface area contributed by atoms with Gasteiger partial charge in [0.05, 0.1) is 5.69 Å². The van der Waals surface area contributed by atoms with E-state index in [0.717, 1.165) is 49.4 Å². The van der Waals surface area contributed by atoms with Gasteiger partial charge in [0.2, 0.25) is 5.91 Å². The van der Waals surface area contributed by atoms with E-state index < -0.39 is 0 Å². The Kier molecular flexibility index (Phi) is 4.01. The van der Waals surface area contributed by atoms with Gasteiger partial charge in [0.15, 0.2) is 0 Å². The van der Waals surface area contributed by atoms with Crippen molar-refractivity contribution in [3.05, 3.63) is 11.3 Å². The highest BCUT2D eigenvalue weighted by molar-refractivity contribution is 5.92. The van der Waals surface area contributed by atoms with Crippen LogP contribution in [-0.4, -0.2) is 22.2 Å². The molecule has 0 spiro atoms. The summed E-state index contributed by atoms with van der Waals surface area (Å²) >= 11 is 0. The van der Waals surface area contributed by atoms with Crippen molar-refractivity contribution in [2.75, 3.05) is 11.9 Å². The molecule has 0 saturated carbocycles. The lowest BCUT2D eigenvalue weighted by molar-refractivity contribution is -0.120. The zero-order valence-electron chi connectivity index (χ0n) is 11.4. The molecule has 1 amide bonds. The third-order valence-corrected chi connectivity index (χ3v) is 3.67. The Balaban J connectivity index is 2.18. The summed E-state index contributed by atoms with van der Waals surface area (Å²) in [5.74, 6) is 1.05. The predicted octanol–water partition coefficient (Wildman–Crippen LogP) is 1.44. The first-order chi connectivity index (χ1) is 8.67. The number of carbonyl (C=O) groups is 1. The third-order valence-electron chi connectivity index (χ3n) is 3.67. The van der Waals surface area contributed by atoms with Crippen LogP contribution in [0.15, 0.2) is 0 Å². The molecule has 0 bridgehead atoms. The van der Waals surface area contributed by atoms with Gasteiger partial charge in [0.25, 0.3) is 0 Å². The molecule has 0 atom stereocenters. The molecule has 18 heavy (non-hydrogen) atoms. The SMILES string of the molecule is CCC(CC)C(=O)Nc1c2c(nn1C)CCNC2. The highest BCUT2D eigenvalue weighted by atomic mass is 16.2. The summed E-state index contributed by atoms with van der Waals surface area (Å²) in [6, 6.07) is 0. The van der Waals surface area contributed by atoms with Crippen LogP contribution < -0.4 is 10.6 Å². The van der Waals surface area contributed by atoms with Crippen LogP contribution in [0.4, 0.5) is 5.82 Å². The molecule has 2 heterocycles. The van der Waals surface area contributed by atoms with E-state index in [2.05, 4.69) is 15.7 Å². The standard InChI is InChI=1S/C13H22N4O/c1-4-9(5-2)13(18)15-12-10-8-14-7-6-11(10)16-17(12)3/h9,14H,4-8H2,1-3H3,(H,15,18). The molecule has 1 aromatic heterocycles. The van der Waals surface area contributed by atoms with Crippen LogP contribution in [0.1, 0.15) is 37.9 Å². The van der Waals surface area contributed by atoms with Gasteiger partial charge in [0, 0.05) is 38.0 Å². The van der Waals surface area contributed by atoms with Crippen molar-refractivity contribution in [1.82, 2.24) is 15.1 Å². The number of fused-ring (bicyclic) bond motifs is 1. The summed E-state index contributed by atoms with van der Waals surface area (Å²) in [5.41, 5.74) is 2.25. The van der Waals surface area contributed by atoms with E-state index in [4.69, 9.17) is 0 Å². The van der Waals surface area contributed by atoms with Crippen molar-refractivity contribution >= 4 is 11.7 Å². The number of amides is 1. The zero-order chi connectivity index (χ0) is 13.1. The molecule has 0 unspecified atom stereocenters. The number of hydrogen-bond acceptors (Lipinski definition) is 3. The highest BCUT2D eigenvalue weighted by Gasteiger charge is 2.22. The van der Waals surface area contributed by atoms with Crippen LogP contribution in [0.25, 0.3) is 0 Å². The van der Waals surface area contributed by atoms with Crippen molar-refractivity contribution in [3.63, 3.8) is 0 Å². The van der Waals surface area contributed by atoms with E-state index in [-0.39, 0.29) is 11.8 Å². The second-order valence-electron chi connectivity index (χ2n) is 4.83. The number of nitrogens with zero attached hydrogens (tertiary/aromatic N) is 2. The Hall–Kier alpha value is -1.36. The molecule has 2 rings (SSSR count). The second-order valence-corrected chi connectivity index (χ2v) is 4.83. The molecule has 1 aromatic rings. The summed E-state index contributed by atoms with van der Waals surface area (Å²) in [5, 5.41) is 10.8. The minimum atomic E-state index is 0.0899. The molecule has 0 fully saturated rings. The van der Waals surface area contributed by atoms with Gasteiger partial charge < -0.3 is 10.6 Å². The lowest BCUT2D eigenvalue weighted by atomic mass is 10.0. The molecule has 5 nitrogen and oxygen atoms in total. The Morgan fingerprint density at radius 2 is 2.22 bits per heavy atom.